The van der Waals surface area contributed by atoms with Crippen molar-refractivity contribution < 1.29 is 0 Å². The molecule has 4 rings (SSSR count). The lowest BCUT2D eigenvalue weighted by Gasteiger charge is -2.11. The summed E-state index contributed by atoms with van der Waals surface area (Å²) in [5.74, 6) is -0.0204. The van der Waals surface area contributed by atoms with Crippen molar-refractivity contribution in [3.8, 4) is 23.0 Å². The molecule has 0 radical (unpaired) electrons. The molecule has 0 saturated carbocycles. The fraction of sp³-hybridized carbons (Fsp3) is 0.158. The highest BCUT2D eigenvalue weighted by Crippen LogP contribution is 2.26. The first-order valence-corrected chi connectivity index (χ1v) is 8.24. The molecule has 0 aliphatic carbocycles. The molecular formula is C19H16N6O. The van der Waals surface area contributed by atoms with Crippen LogP contribution in [-0.2, 0) is 0 Å². The monoisotopic (exact) mass is 344 g/mol. The van der Waals surface area contributed by atoms with Crippen molar-refractivity contribution in [3.63, 3.8) is 0 Å². The Kier molecular flexibility index (Phi) is 3.66. The standard InChI is InChI=1S/C19H16N6O/c1-12(2)16-17(23-18-13(8-20)9-22-25(18)19(16)26)14-10-21-24(11-14)15-6-4-3-5-7-15/h3-7,9-12,23H,1-2H3. The van der Waals surface area contributed by atoms with E-state index in [1.54, 1.807) is 10.9 Å². The van der Waals surface area contributed by atoms with Gasteiger partial charge in [-0.15, -0.1) is 0 Å². The molecule has 0 unspecified atom stereocenters. The Bertz CT molecular complexity index is 1190. The first-order chi connectivity index (χ1) is 12.6. The van der Waals surface area contributed by atoms with Gasteiger partial charge in [-0.2, -0.15) is 20.0 Å². The fourth-order valence-electron chi connectivity index (χ4n) is 3.05. The van der Waals surface area contributed by atoms with E-state index in [9.17, 15) is 10.1 Å². The lowest BCUT2D eigenvalue weighted by atomic mass is 10.00. The summed E-state index contributed by atoms with van der Waals surface area (Å²) in [4.78, 5) is 16.1. The first kappa shape index (κ1) is 15.8. The second-order valence-electron chi connectivity index (χ2n) is 6.31. The molecule has 128 valence electrons. The minimum absolute atomic E-state index is 0.0204. The van der Waals surface area contributed by atoms with Gasteiger partial charge in [0.05, 0.1) is 23.8 Å². The Morgan fingerprint density at radius 3 is 2.62 bits per heavy atom. The molecule has 3 aromatic heterocycles. The fourth-order valence-corrected chi connectivity index (χ4v) is 3.05. The Labute approximate surface area is 149 Å². The number of aromatic amines is 1. The van der Waals surface area contributed by atoms with Gasteiger partial charge in [0.15, 0.2) is 5.65 Å². The van der Waals surface area contributed by atoms with E-state index in [0.29, 0.717) is 22.5 Å². The number of rotatable bonds is 3. The molecule has 0 bridgehead atoms. The molecular weight excluding hydrogens is 328 g/mol. The van der Waals surface area contributed by atoms with Gasteiger partial charge in [0.25, 0.3) is 5.56 Å². The third kappa shape index (κ3) is 2.40. The summed E-state index contributed by atoms with van der Waals surface area (Å²) in [6, 6.07) is 11.8. The Morgan fingerprint density at radius 2 is 1.92 bits per heavy atom. The van der Waals surface area contributed by atoms with Crippen LogP contribution in [0.4, 0.5) is 0 Å². The topological polar surface area (TPSA) is 91.8 Å². The van der Waals surface area contributed by atoms with E-state index in [2.05, 4.69) is 21.3 Å². The number of hydrogen-bond acceptors (Lipinski definition) is 4. The molecule has 0 aliphatic rings. The lowest BCUT2D eigenvalue weighted by Crippen LogP contribution is -2.22. The van der Waals surface area contributed by atoms with Gasteiger partial charge in [0.1, 0.15) is 11.6 Å². The Morgan fingerprint density at radius 1 is 1.15 bits per heavy atom. The van der Waals surface area contributed by atoms with Crippen molar-refractivity contribution in [1.29, 1.82) is 5.26 Å². The Balaban J connectivity index is 1.96. The molecule has 0 fully saturated rings. The van der Waals surface area contributed by atoms with E-state index in [1.165, 1.54) is 10.7 Å². The van der Waals surface area contributed by atoms with Crippen LogP contribution in [0.3, 0.4) is 0 Å². The van der Waals surface area contributed by atoms with Gasteiger partial charge in [0.2, 0.25) is 0 Å². The summed E-state index contributed by atoms with van der Waals surface area (Å²) < 4.78 is 3.00. The van der Waals surface area contributed by atoms with E-state index in [-0.39, 0.29) is 11.5 Å². The SMILES string of the molecule is CC(C)c1c(-c2cnn(-c3ccccc3)c2)[nH]c2c(C#N)cnn2c1=O. The molecule has 0 saturated heterocycles. The minimum atomic E-state index is -0.224. The molecule has 0 aliphatic heterocycles. The summed E-state index contributed by atoms with van der Waals surface area (Å²) in [5, 5.41) is 17.7. The number of para-hydroxylation sites is 1. The third-order valence-electron chi connectivity index (χ3n) is 4.29. The predicted octanol–water partition coefficient (Wildman–Crippen LogP) is 2.87. The van der Waals surface area contributed by atoms with Crippen molar-refractivity contribution in [1.82, 2.24) is 24.4 Å². The van der Waals surface area contributed by atoms with E-state index >= 15 is 0 Å². The van der Waals surface area contributed by atoms with Crippen molar-refractivity contribution in [2.75, 3.05) is 0 Å². The molecule has 0 atom stereocenters. The van der Waals surface area contributed by atoms with Crippen LogP contribution in [0.15, 0.2) is 53.7 Å². The normalized spacial score (nSPS) is 11.2. The van der Waals surface area contributed by atoms with Gasteiger partial charge in [-0.1, -0.05) is 32.0 Å². The second kappa shape index (κ2) is 6.01. The van der Waals surface area contributed by atoms with Crippen molar-refractivity contribution in [3.05, 3.63) is 70.4 Å². The van der Waals surface area contributed by atoms with Crippen LogP contribution in [-0.4, -0.2) is 24.4 Å². The molecule has 1 N–H and O–H groups in total. The summed E-state index contributed by atoms with van der Waals surface area (Å²) in [6.07, 6.45) is 4.98. The van der Waals surface area contributed by atoms with E-state index in [0.717, 1.165) is 11.3 Å². The van der Waals surface area contributed by atoms with Crippen LogP contribution < -0.4 is 5.56 Å². The number of nitrogens with one attached hydrogen (secondary N) is 1. The molecule has 3 heterocycles. The molecule has 7 heteroatoms. The maximum atomic E-state index is 12.9. The molecule has 0 spiro atoms. The van der Waals surface area contributed by atoms with Gasteiger partial charge < -0.3 is 4.98 Å². The maximum absolute atomic E-state index is 12.9. The average molecular weight is 344 g/mol. The van der Waals surface area contributed by atoms with Crippen LogP contribution in [0.1, 0.15) is 30.9 Å². The lowest BCUT2D eigenvalue weighted by molar-refractivity contribution is 0.797. The zero-order valence-electron chi connectivity index (χ0n) is 14.3. The third-order valence-corrected chi connectivity index (χ3v) is 4.29. The average Bonchev–Trinajstić information content (AvgIpc) is 3.29. The zero-order valence-corrected chi connectivity index (χ0v) is 14.3. The van der Waals surface area contributed by atoms with Crippen LogP contribution in [0, 0.1) is 11.3 Å². The van der Waals surface area contributed by atoms with Gasteiger partial charge in [-0.25, -0.2) is 4.68 Å². The summed E-state index contributed by atoms with van der Waals surface area (Å²) >= 11 is 0. The smallest absolute Gasteiger partial charge is 0.278 e. The van der Waals surface area contributed by atoms with Crippen molar-refractivity contribution in [2.45, 2.75) is 19.8 Å². The van der Waals surface area contributed by atoms with Gasteiger partial charge in [0, 0.05) is 17.3 Å². The highest BCUT2D eigenvalue weighted by atomic mass is 16.1. The van der Waals surface area contributed by atoms with Crippen LogP contribution in [0.2, 0.25) is 0 Å². The second-order valence-corrected chi connectivity index (χ2v) is 6.31. The number of nitrogens with zero attached hydrogens (tertiary/aromatic N) is 5. The largest absolute Gasteiger partial charge is 0.338 e. The van der Waals surface area contributed by atoms with E-state index in [4.69, 9.17) is 0 Å². The maximum Gasteiger partial charge on any atom is 0.278 e. The van der Waals surface area contributed by atoms with E-state index < -0.39 is 0 Å². The predicted molar refractivity (Wildman–Crippen MR) is 97.2 cm³/mol. The van der Waals surface area contributed by atoms with Gasteiger partial charge >= 0.3 is 0 Å². The summed E-state index contributed by atoms with van der Waals surface area (Å²) in [5.41, 5.74) is 3.48. The highest BCUT2D eigenvalue weighted by Gasteiger charge is 2.20. The van der Waals surface area contributed by atoms with Gasteiger partial charge in [-0.3, -0.25) is 4.79 Å². The Hall–Kier alpha value is -3.66. The number of benzene rings is 1. The summed E-state index contributed by atoms with van der Waals surface area (Å²) in [6.45, 7) is 3.91. The molecule has 1 aromatic carbocycles. The van der Waals surface area contributed by atoms with Crippen LogP contribution >= 0.6 is 0 Å². The van der Waals surface area contributed by atoms with Crippen LogP contribution in [0.25, 0.3) is 22.6 Å². The van der Waals surface area contributed by atoms with Crippen LogP contribution in [0.5, 0.6) is 0 Å². The van der Waals surface area contributed by atoms with Gasteiger partial charge in [-0.05, 0) is 18.1 Å². The van der Waals surface area contributed by atoms with E-state index in [1.807, 2.05) is 50.4 Å². The zero-order chi connectivity index (χ0) is 18.3. The highest BCUT2D eigenvalue weighted by molar-refractivity contribution is 5.67. The number of fused-ring (bicyclic) bond motifs is 1. The number of aromatic nitrogens is 5. The van der Waals surface area contributed by atoms with Crippen molar-refractivity contribution in [2.24, 2.45) is 0 Å². The molecule has 7 nitrogen and oxygen atoms in total. The number of hydrogen-bond donors (Lipinski definition) is 1. The van der Waals surface area contributed by atoms with Crippen molar-refractivity contribution >= 4 is 5.65 Å². The first-order valence-electron chi connectivity index (χ1n) is 8.24. The molecule has 0 amide bonds. The number of nitriles is 1. The molecule has 4 aromatic rings. The minimum Gasteiger partial charge on any atom is -0.338 e. The summed E-state index contributed by atoms with van der Waals surface area (Å²) in [7, 11) is 0. The molecule has 26 heavy (non-hydrogen) atoms. The number of H-pyrrole nitrogens is 1. The quantitative estimate of drug-likeness (QED) is 0.618.